The Morgan fingerprint density at radius 2 is 1.82 bits per heavy atom. The number of aryl methyl sites for hydroxylation is 1. The first kappa shape index (κ1) is 14.9. The summed E-state index contributed by atoms with van der Waals surface area (Å²) in [6, 6.07) is 9.33. The third-order valence-corrected chi connectivity index (χ3v) is 4.79. The molecule has 4 nitrogen and oxygen atoms in total. The molecule has 2 aromatic rings. The summed E-state index contributed by atoms with van der Waals surface area (Å²) in [6.45, 7) is 3.22. The Morgan fingerprint density at radius 3 is 2.45 bits per heavy atom. The van der Waals surface area contributed by atoms with Crippen molar-refractivity contribution in [3.63, 3.8) is 0 Å². The second kappa shape index (κ2) is 6.83. The quantitative estimate of drug-likeness (QED) is 0.943. The van der Waals surface area contributed by atoms with Crippen molar-refractivity contribution in [2.24, 2.45) is 0 Å². The standard InChI is InChI=1S/C17H20N2O2S/c20-16-4-2-15(3-5-16)18-8-10-19(11-9-18)17(21)6-1-14-7-12-22-13-14/h2-5,7,12-13,20H,1,6,8-11H2. The van der Waals surface area contributed by atoms with Crippen LogP contribution in [0.15, 0.2) is 41.1 Å². The van der Waals surface area contributed by atoms with E-state index >= 15 is 0 Å². The van der Waals surface area contributed by atoms with Crippen LogP contribution in [0.4, 0.5) is 5.69 Å². The molecule has 1 saturated heterocycles. The highest BCUT2D eigenvalue weighted by atomic mass is 32.1. The number of anilines is 1. The van der Waals surface area contributed by atoms with E-state index in [0.29, 0.717) is 6.42 Å². The van der Waals surface area contributed by atoms with Gasteiger partial charge < -0.3 is 14.9 Å². The summed E-state index contributed by atoms with van der Waals surface area (Å²) in [7, 11) is 0. The molecule has 0 radical (unpaired) electrons. The number of benzene rings is 1. The van der Waals surface area contributed by atoms with Crippen LogP contribution in [0.25, 0.3) is 0 Å². The summed E-state index contributed by atoms with van der Waals surface area (Å²) < 4.78 is 0. The predicted molar refractivity (Wildman–Crippen MR) is 89.5 cm³/mol. The molecule has 0 atom stereocenters. The lowest BCUT2D eigenvalue weighted by Crippen LogP contribution is -2.48. The summed E-state index contributed by atoms with van der Waals surface area (Å²) in [6.07, 6.45) is 1.43. The molecular formula is C17H20N2O2S. The summed E-state index contributed by atoms with van der Waals surface area (Å²) in [4.78, 5) is 16.5. The monoisotopic (exact) mass is 316 g/mol. The van der Waals surface area contributed by atoms with Gasteiger partial charge in [-0.3, -0.25) is 4.79 Å². The fourth-order valence-electron chi connectivity index (χ4n) is 2.72. The molecule has 0 saturated carbocycles. The topological polar surface area (TPSA) is 43.8 Å². The first-order chi connectivity index (χ1) is 10.7. The Labute approximate surface area is 134 Å². The molecule has 0 bridgehead atoms. The molecule has 1 fully saturated rings. The number of phenolic OH excluding ortho intramolecular Hbond substituents is 1. The van der Waals surface area contributed by atoms with E-state index in [1.807, 2.05) is 17.0 Å². The molecule has 0 unspecified atom stereocenters. The van der Waals surface area contributed by atoms with Gasteiger partial charge in [0.2, 0.25) is 5.91 Å². The highest BCUT2D eigenvalue weighted by molar-refractivity contribution is 7.07. The van der Waals surface area contributed by atoms with E-state index in [0.717, 1.165) is 38.3 Å². The van der Waals surface area contributed by atoms with Crippen molar-refractivity contribution < 1.29 is 9.90 Å². The Morgan fingerprint density at radius 1 is 1.09 bits per heavy atom. The van der Waals surface area contributed by atoms with E-state index in [-0.39, 0.29) is 11.7 Å². The number of aromatic hydroxyl groups is 1. The van der Waals surface area contributed by atoms with Gasteiger partial charge in [0.05, 0.1) is 0 Å². The summed E-state index contributed by atoms with van der Waals surface area (Å²) in [5.41, 5.74) is 2.35. The molecule has 22 heavy (non-hydrogen) atoms. The number of phenols is 1. The Hall–Kier alpha value is -2.01. The lowest BCUT2D eigenvalue weighted by Gasteiger charge is -2.36. The minimum absolute atomic E-state index is 0.247. The number of amides is 1. The highest BCUT2D eigenvalue weighted by Gasteiger charge is 2.21. The average Bonchev–Trinajstić information content (AvgIpc) is 3.07. The number of rotatable bonds is 4. The number of nitrogens with zero attached hydrogens (tertiary/aromatic N) is 2. The number of piperazine rings is 1. The number of carbonyl (C=O) groups is 1. The Bertz CT molecular complexity index is 602. The maximum Gasteiger partial charge on any atom is 0.223 e. The van der Waals surface area contributed by atoms with Crippen LogP contribution in [0.1, 0.15) is 12.0 Å². The van der Waals surface area contributed by atoms with Gasteiger partial charge in [0.25, 0.3) is 0 Å². The molecule has 5 heteroatoms. The van der Waals surface area contributed by atoms with Gasteiger partial charge in [-0.15, -0.1) is 0 Å². The highest BCUT2D eigenvalue weighted by Crippen LogP contribution is 2.20. The number of hydrogen-bond donors (Lipinski definition) is 1. The zero-order valence-corrected chi connectivity index (χ0v) is 13.3. The molecule has 3 rings (SSSR count). The zero-order valence-electron chi connectivity index (χ0n) is 12.4. The third-order valence-electron chi connectivity index (χ3n) is 4.05. The fraction of sp³-hybridized carbons (Fsp3) is 0.353. The van der Waals surface area contributed by atoms with Crippen molar-refractivity contribution in [1.82, 2.24) is 4.90 Å². The van der Waals surface area contributed by atoms with E-state index < -0.39 is 0 Å². The number of carbonyl (C=O) groups excluding carboxylic acids is 1. The molecule has 0 spiro atoms. The SMILES string of the molecule is O=C(CCc1ccsc1)N1CCN(c2ccc(O)cc2)CC1. The molecule has 1 aromatic heterocycles. The van der Waals surface area contributed by atoms with Crippen LogP contribution in [-0.4, -0.2) is 42.1 Å². The molecular weight excluding hydrogens is 296 g/mol. The van der Waals surface area contributed by atoms with Crippen LogP contribution in [0.5, 0.6) is 5.75 Å². The lowest BCUT2D eigenvalue weighted by molar-refractivity contribution is -0.131. The molecule has 1 aromatic carbocycles. The fourth-order valence-corrected chi connectivity index (χ4v) is 3.42. The second-order valence-electron chi connectivity index (χ2n) is 5.52. The van der Waals surface area contributed by atoms with Crippen molar-refractivity contribution in [3.05, 3.63) is 46.7 Å². The van der Waals surface area contributed by atoms with E-state index in [4.69, 9.17) is 0 Å². The van der Waals surface area contributed by atoms with Gasteiger partial charge in [-0.25, -0.2) is 0 Å². The van der Waals surface area contributed by atoms with Gasteiger partial charge in [-0.05, 0) is 53.1 Å². The van der Waals surface area contributed by atoms with Crippen LogP contribution in [0.3, 0.4) is 0 Å². The van der Waals surface area contributed by atoms with Crippen molar-refractivity contribution >= 4 is 22.9 Å². The van der Waals surface area contributed by atoms with Crippen LogP contribution < -0.4 is 4.90 Å². The first-order valence-electron chi connectivity index (χ1n) is 7.55. The number of hydrogen-bond acceptors (Lipinski definition) is 4. The molecule has 0 aliphatic carbocycles. The van der Waals surface area contributed by atoms with Crippen molar-refractivity contribution in [2.75, 3.05) is 31.1 Å². The third kappa shape index (κ3) is 3.60. The van der Waals surface area contributed by atoms with Crippen LogP contribution in [-0.2, 0) is 11.2 Å². The second-order valence-corrected chi connectivity index (χ2v) is 6.30. The smallest absolute Gasteiger partial charge is 0.223 e. The molecule has 116 valence electrons. The normalized spacial score (nSPS) is 15.1. The minimum Gasteiger partial charge on any atom is -0.508 e. The summed E-state index contributed by atoms with van der Waals surface area (Å²) in [5.74, 6) is 0.530. The molecule has 1 aliphatic rings. The van der Waals surface area contributed by atoms with Crippen LogP contribution in [0.2, 0.25) is 0 Å². The van der Waals surface area contributed by atoms with Gasteiger partial charge in [-0.2, -0.15) is 11.3 Å². The van der Waals surface area contributed by atoms with Crippen LogP contribution in [0, 0.1) is 0 Å². The predicted octanol–water partition coefficient (Wildman–Crippen LogP) is 2.74. The van der Waals surface area contributed by atoms with E-state index in [1.54, 1.807) is 23.5 Å². The lowest BCUT2D eigenvalue weighted by atomic mass is 10.1. The van der Waals surface area contributed by atoms with Gasteiger partial charge in [0.1, 0.15) is 5.75 Å². The first-order valence-corrected chi connectivity index (χ1v) is 8.49. The van der Waals surface area contributed by atoms with Gasteiger partial charge in [0.15, 0.2) is 0 Å². The maximum atomic E-state index is 12.3. The summed E-state index contributed by atoms with van der Waals surface area (Å²) >= 11 is 1.68. The van der Waals surface area contributed by atoms with Gasteiger partial charge >= 0.3 is 0 Å². The van der Waals surface area contributed by atoms with E-state index in [1.165, 1.54) is 5.56 Å². The van der Waals surface area contributed by atoms with Crippen molar-refractivity contribution in [3.8, 4) is 5.75 Å². The van der Waals surface area contributed by atoms with Gasteiger partial charge in [0, 0.05) is 38.3 Å². The summed E-state index contributed by atoms with van der Waals surface area (Å²) in [5, 5.41) is 13.5. The number of thiophene rings is 1. The molecule has 1 amide bonds. The molecule has 1 aliphatic heterocycles. The van der Waals surface area contributed by atoms with Crippen molar-refractivity contribution in [1.29, 1.82) is 0 Å². The van der Waals surface area contributed by atoms with E-state index in [9.17, 15) is 9.90 Å². The zero-order chi connectivity index (χ0) is 15.4. The van der Waals surface area contributed by atoms with Gasteiger partial charge in [-0.1, -0.05) is 0 Å². The average molecular weight is 316 g/mol. The Kier molecular flexibility index (Phi) is 4.63. The van der Waals surface area contributed by atoms with Crippen LogP contribution >= 0.6 is 11.3 Å². The maximum absolute atomic E-state index is 12.3. The molecule has 2 heterocycles. The van der Waals surface area contributed by atoms with Crippen molar-refractivity contribution in [2.45, 2.75) is 12.8 Å². The largest absolute Gasteiger partial charge is 0.508 e. The minimum atomic E-state index is 0.247. The Balaban J connectivity index is 1.48. The molecule has 1 N–H and O–H groups in total. The van der Waals surface area contributed by atoms with E-state index in [2.05, 4.69) is 21.7 Å².